The Bertz CT molecular complexity index is 393. The van der Waals surface area contributed by atoms with Gasteiger partial charge in [0, 0.05) is 29.4 Å². The molecule has 102 valence electrons. The van der Waals surface area contributed by atoms with Crippen molar-refractivity contribution in [3.8, 4) is 0 Å². The van der Waals surface area contributed by atoms with Crippen LogP contribution in [0.25, 0.3) is 0 Å². The van der Waals surface area contributed by atoms with Crippen LogP contribution < -0.4 is 5.73 Å². The Hall–Kier alpha value is -0.450. The summed E-state index contributed by atoms with van der Waals surface area (Å²) in [7, 11) is 2.20. The fourth-order valence-electron chi connectivity index (χ4n) is 2.91. The van der Waals surface area contributed by atoms with Gasteiger partial charge in [0.1, 0.15) is 5.76 Å². The smallest absolute Gasteiger partial charge is 0.105 e. The molecule has 2 N–H and O–H groups in total. The zero-order chi connectivity index (χ0) is 13.2. The molecule has 1 saturated heterocycles. The van der Waals surface area contributed by atoms with E-state index in [-0.39, 0.29) is 5.54 Å². The van der Waals surface area contributed by atoms with Crippen molar-refractivity contribution < 1.29 is 4.42 Å². The highest BCUT2D eigenvalue weighted by Gasteiger charge is 2.41. The number of hydrogen-bond donors (Lipinski definition) is 1. The second-order valence-corrected chi connectivity index (χ2v) is 6.73. The van der Waals surface area contributed by atoms with Gasteiger partial charge in [-0.1, -0.05) is 6.92 Å². The first kappa shape index (κ1) is 14.0. The molecule has 0 aliphatic carbocycles. The third-order valence-corrected chi connectivity index (χ3v) is 5.83. The molecule has 2 unspecified atom stereocenters. The average molecular weight is 268 g/mol. The molecule has 1 aliphatic heterocycles. The summed E-state index contributed by atoms with van der Waals surface area (Å²) in [4.78, 5) is 2.43. The Morgan fingerprint density at radius 3 is 2.94 bits per heavy atom. The van der Waals surface area contributed by atoms with E-state index >= 15 is 0 Å². The number of likely N-dealkylation sites (N-methyl/N-ethyl adjacent to an activating group) is 1. The number of furan rings is 1. The molecule has 1 fully saturated rings. The molecule has 1 aromatic rings. The first-order chi connectivity index (χ1) is 8.60. The van der Waals surface area contributed by atoms with Gasteiger partial charge in [-0.2, -0.15) is 11.8 Å². The van der Waals surface area contributed by atoms with Crippen LogP contribution >= 0.6 is 11.8 Å². The van der Waals surface area contributed by atoms with Crippen LogP contribution in [0, 0.1) is 6.92 Å². The summed E-state index contributed by atoms with van der Waals surface area (Å²) in [6, 6.07) is 2.07. The quantitative estimate of drug-likeness (QED) is 0.911. The molecule has 0 saturated carbocycles. The monoisotopic (exact) mass is 268 g/mol. The Morgan fingerprint density at radius 2 is 2.39 bits per heavy atom. The molecule has 2 atom stereocenters. The number of nitrogens with zero attached hydrogens (tertiary/aromatic N) is 1. The highest BCUT2D eigenvalue weighted by Crippen LogP contribution is 2.38. The van der Waals surface area contributed by atoms with Gasteiger partial charge in [-0.05, 0) is 38.6 Å². The maximum atomic E-state index is 6.12. The Labute approximate surface area is 114 Å². The largest absolute Gasteiger partial charge is 0.469 e. The standard InChI is InChI=1S/C14H24N2OS/c1-11-13(5-7-17-11)9-16(3)14(10-15)6-4-8-18-12(14)2/h5,7,12H,4,6,8-10,15H2,1-3H3. The minimum absolute atomic E-state index is 0.132. The fraction of sp³-hybridized carbons (Fsp3) is 0.714. The van der Waals surface area contributed by atoms with E-state index in [1.165, 1.54) is 24.2 Å². The topological polar surface area (TPSA) is 42.4 Å². The third-order valence-electron chi connectivity index (χ3n) is 4.37. The minimum Gasteiger partial charge on any atom is -0.469 e. The van der Waals surface area contributed by atoms with Crippen molar-refractivity contribution in [3.05, 3.63) is 23.7 Å². The Kier molecular flexibility index (Phi) is 4.41. The van der Waals surface area contributed by atoms with Crippen molar-refractivity contribution in [3.63, 3.8) is 0 Å². The summed E-state index contributed by atoms with van der Waals surface area (Å²) in [5.74, 6) is 2.28. The molecule has 18 heavy (non-hydrogen) atoms. The second kappa shape index (κ2) is 5.68. The van der Waals surface area contributed by atoms with Crippen molar-refractivity contribution >= 4 is 11.8 Å². The van der Waals surface area contributed by atoms with Crippen LogP contribution in [-0.4, -0.2) is 35.0 Å². The predicted molar refractivity (Wildman–Crippen MR) is 77.9 cm³/mol. The maximum absolute atomic E-state index is 6.12. The zero-order valence-corrected chi connectivity index (χ0v) is 12.4. The normalized spacial score (nSPS) is 28.8. The van der Waals surface area contributed by atoms with Crippen molar-refractivity contribution in [2.75, 3.05) is 19.3 Å². The van der Waals surface area contributed by atoms with Crippen LogP contribution in [0.1, 0.15) is 31.1 Å². The van der Waals surface area contributed by atoms with Gasteiger partial charge in [-0.3, -0.25) is 4.90 Å². The molecule has 2 heterocycles. The van der Waals surface area contributed by atoms with Crippen LogP contribution in [0.3, 0.4) is 0 Å². The molecule has 0 bridgehead atoms. The van der Waals surface area contributed by atoms with E-state index in [4.69, 9.17) is 10.2 Å². The molecule has 1 aliphatic rings. The van der Waals surface area contributed by atoms with Gasteiger partial charge in [0.05, 0.1) is 6.26 Å². The van der Waals surface area contributed by atoms with Crippen molar-refractivity contribution in [2.45, 2.75) is 44.0 Å². The highest BCUT2D eigenvalue weighted by molar-refractivity contribution is 8.00. The summed E-state index contributed by atoms with van der Waals surface area (Å²) in [5, 5.41) is 0.591. The lowest BCUT2D eigenvalue weighted by Crippen LogP contribution is -2.59. The van der Waals surface area contributed by atoms with Crippen molar-refractivity contribution in [1.29, 1.82) is 0 Å². The van der Waals surface area contributed by atoms with E-state index in [1.807, 2.05) is 18.7 Å². The number of nitrogens with two attached hydrogens (primary N) is 1. The maximum Gasteiger partial charge on any atom is 0.105 e. The van der Waals surface area contributed by atoms with E-state index < -0.39 is 0 Å². The minimum atomic E-state index is 0.132. The zero-order valence-electron chi connectivity index (χ0n) is 11.6. The number of aryl methyl sites for hydroxylation is 1. The lowest BCUT2D eigenvalue weighted by Gasteiger charge is -2.48. The van der Waals surface area contributed by atoms with Gasteiger partial charge in [-0.15, -0.1) is 0 Å². The van der Waals surface area contributed by atoms with Gasteiger partial charge < -0.3 is 10.2 Å². The third kappa shape index (κ3) is 2.46. The van der Waals surface area contributed by atoms with Gasteiger partial charge in [0.15, 0.2) is 0 Å². The molecule has 0 amide bonds. The number of thioether (sulfide) groups is 1. The molecule has 4 heteroatoms. The average Bonchev–Trinajstić information content (AvgIpc) is 2.76. The first-order valence-corrected chi connectivity index (χ1v) is 7.71. The molecule has 0 radical (unpaired) electrons. The number of rotatable bonds is 4. The van der Waals surface area contributed by atoms with E-state index in [2.05, 4.69) is 24.9 Å². The van der Waals surface area contributed by atoms with E-state index in [0.717, 1.165) is 18.8 Å². The molecular weight excluding hydrogens is 244 g/mol. The molecule has 2 rings (SSSR count). The van der Waals surface area contributed by atoms with E-state index in [9.17, 15) is 0 Å². The van der Waals surface area contributed by atoms with E-state index in [1.54, 1.807) is 6.26 Å². The summed E-state index contributed by atoms with van der Waals surface area (Å²) in [6.07, 6.45) is 4.23. The summed E-state index contributed by atoms with van der Waals surface area (Å²) in [5.41, 5.74) is 7.52. The molecule has 1 aromatic heterocycles. The molecular formula is C14H24N2OS. The lowest BCUT2D eigenvalue weighted by molar-refractivity contribution is 0.103. The predicted octanol–water partition coefficient (Wildman–Crippen LogP) is 2.63. The molecule has 0 spiro atoms. The van der Waals surface area contributed by atoms with Crippen LogP contribution in [0.15, 0.2) is 16.7 Å². The molecule has 3 nitrogen and oxygen atoms in total. The Morgan fingerprint density at radius 1 is 1.61 bits per heavy atom. The fourth-order valence-corrected chi connectivity index (χ4v) is 4.28. The summed E-state index contributed by atoms with van der Waals surface area (Å²) >= 11 is 2.05. The highest BCUT2D eigenvalue weighted by atomic mass is 32.2. The van der Waals surface area contributed by atoms with Crippen LogP contribution in [0.2, 0.25) is 0 Å². The van der Waals surface area contributed by atoms with Crippen LogP contribution in [-0.2, 0) is 6.54 Å². The van der Waals surface area contributed by atoms with Gasteiger partial charge in [-0.25, -0.2) is 0 Å². The van der Waals surface area contributed by atoms with Gasteiger partial charge in [0.25, 0.3) is 0 Å². The van der Waals surface area contributed by atoms with Crippen LogP contribution in [0.5, 0.6) is 0 Å². The van der Waals surface area contributed by atoms with Crippen molar-refractivity contribution in [1.82, 2.24) is 4.90 Å². The first-order valence-electron chi connectivity index (χ1n) is 6.66. The van der Waals surface area contributed by atoms with Crippen LogP contribution in [0.4, 0.5) is 0 Å². The molecule has 0 aromatic carbocycles. The lowest BCUT2D eigenvalue weighted by atomic mass is 9.87. The van der Waals surface area contributed by atoms with Gasteiger partial charge >= 0.3 is 0 Å². The SMILES string of the molecule is Cc1occc1CN(C)C1(CN)CCCSC1C. The summed E-state index contributed by atoms with van der Waals surface area (Å²) < 4.78 is 5.38. The Balaban J connectivity index is 2.14. The van der Waals surface area contributed by atoms with E-state index in [0.29, 0.717) is 5.25 Å². The summed E-state index contributed by atoms with van der Waals surface area (Å²) in [6.45, 7) is 5.99. The second-order valence-electron chi connectivity index (χ2n) is 5.28. The van der Waals surface area contributed by atoms with Gasteiger partial charge in [0.2, 0.25) is 0 Å². The number of hydrogen-bond acceptors (Lipinski definition) is 4. The van der Waals surface area contributed by atoms with Crippen molar-refractivity contribution in [2.24, 2.45) is 5.73 Å².